The Balaban J connectivity index is 0.00000800. The molecule has 2 aromatic rings. The van der Waals surface area contributed by atoms with Crippen LogP contribution >= 0.6 is 11.3 Å². The fourth-order valence-electron chi connectivity index (χ4n) is 2.16. The summed E-state index contributed by atoms with van der Waals surface area (Å²) in [5.41, 5.74) is -3.51. The van der Waals surface area contributed by atoms with Crippen molar-refractivity contribution in [3.63, 3.8) is 0 Å². The number of piperidine rings is 1. The molecular formula is C20H28KN3O3S. The van der Waals surface area contributed by atoms with Crippen LogP contribution in [-0.2, 0) is 0 Å². The number of likely N-dealkylation sites (tertiary alicyclic amines) is 1. The summed E-state index contributed by atoms with van der Waals surface area (Å²) in [6.07, 6.45) is -9.31. The van der Waals surface area contributed by atoms with E-state index in [0.29, 0.717) is 13.8 Å². The molecule has 1 aliphatic rings. The number of pyridine rings is 1. The van der Waals surface area contributed by atoms with Crippen molar-refractivity contribution >= 4 is 27.5 Å². The molecule has 8 heteroatoms. The molecule has 6 nitrogen and oxygen atoms in total. The monoisotopic (exact) mass is 449 g/mol. The van der Waals surface area contributed by atoms with E-state index in [1.807, 2.05) is 0 Å². The summed E-state index contributed by atoms with van der Waals surface area (Å²) < 4.78 is 163. The normalized spacial score (nSPS) is 38.1. The summed E-state index contributed by atoms with van der Waals surface area (Å²) in [5, 5.41) is 11.0. The van der Waals surface area contributed by atoms with Crippen LogP contribution < -0.4 is 67.4 Å². The number of carbonyl (C=O) groups is 1. The number of carbonyl (C=O) groups excluding carboxylic acids is 1. The molecule has 1 N–H and O–H groups in total. The van der Waals surface area contributed by atoms with Crippen molar-refractivity contribution in [2.75, 3.05) is 26.0 Å². The van der Waals surface area contributed by atoms with Crippen molar-refractivity contribution in [1.82, 2.24) is 14.8 Å². The number of thiophene rings is 1. The van der Waals surface area contributed by atoms with Crippen LogP contribution in [0.5, 0.6) is 5.75 Å². The average molecular weight is 450 g/mol. The van der Waals surface area contributed by atoms with E-state index in [0.717, 1.165) is 0 Å². The van der Waals surface area contributed by atoms with E-state index in [1.54, 1.807) is 0 Å². The largest absolute Gasteiger partial charge is 1.00 e. The van der Waals surface area contributed by atoms with E-state index in [9.17, 15) is 14.7 Å². The Morgan fingerprint density at radius 1 is 1.68 bits per heavy atom. The summed E-state index contributed by atoms with van der Waals surface area (Å²) >= 11 is 0.259. The second kappa shape index (κ2) is 10.7. The minimum absolute atomic E-state index is 0. The van der Waals surface area contributed by atoms with Crippen molar-refractivity contribution in [3.8, 4) is 5.75 Å². The van der Waals surface area contributed by atoms with Gasteiger partial charge in [0.2, 0.25) is 0 Å². The quantitative estimate of drug-likeness (QED) is 0.608. The maximum Gasteiger partial charge on any atom is 1.00 e. The predicted octanol–water partition coefficient (Wildman–Crippen LogP) is -0.427. The molecule has 148 valence electrons. The third-order valence-electron chi connectivity index (χ3n) is 3.37. The molecule has 0 spiro atoms. The Hall–Kier alpha value is -0.224. The summed E-state index contributed by atoms with van der Waals surface area (Å²) in [4.78, 5) is 25.7. The SMILES string of the molecule is [2H]c1sc2c(c1[2H])c([O-])c(C(=O)N([2H])C([2H])([2H])CC([2H])([2H])N1C([2H])([2H])C([2H])([2H])C([2H])(C)C([2H])([2H])C1([2H])[2H])c(=O)n2C([2H])(C)C([2H])([2H])[2H].[K+]. The summed E-state index contributed by atoms with van der Waals surface area (Å²) in [6.45, 7) is -17.5. The smallest absolute Gasteiger partial charge is 0.871 e. The molecular weight excluding hydrogens is 401 g/mol. The van der Waals surface area contributed by atoms with Gasteiger partial charge in [0.05, 0.1) is 9.68 Å². The van der Waals surface area contributed by atoms with Gasteiger partial charge in [-0.2, -0.15) is 0 Å². The van der Waals surface area contributed by atoms with Crippen molar-refractivity contribution in [3.05, 3.63) is 27.3 Å². The molecule has 0 bridgehead atoms. The summed E-state index contributed by atoms with van der Waals surface area (Å²) in [5.74, 6) is -7.01. The molecule has 1 fully saturated rings. The summed E-state index contributed by atoms with van der Waals surface area (Å²) in [6, 6.07) is -3.86. The number of hydrogen-bond acceptors (Lipinski definition) is 5. The molecule has 1 aliphatic heterocycles. The first-order chi connectivity index (χ1) is 20.5. The minimum atomic E-state index is -3.89. The molecule has 1 unspecified atom stereocenters. The van der Waals surface area contributed by atoms with E-state index < -0.39 is 119 Å². The van der Waals surface area contributed by atoms with E-state index >= 15 is 0 Å². The van der Waals surface area contributed by atoms with Crippen LogP contribution in [0.3, 0.4) is 0 Å². The number of hydrogen-bond donors (Lipinski definition) is 1. The fourth-order valence-corrected chi connectivity index (χ4v) is 2.97. The van der Waals surface area contributed by atoms with Gasteiger partial charge in [-0.1, -0.05) is 12.7 Å². The molecule has 0 aromatic carbocycles. The zero-order valence-electron chi connectivity index (χ0n) is 35.2. The molecule has 3 heterocycles. The van der Waals surface area contributed by atoms with Crippen LogP contribution in [0.25, 0.3) is 10.2 Å². The van der Waals surface area contributed by atoms with Gasteiger partial charge in [0.15, 0.2) is 1.41 Å². The van der Waals surface area contributed by atoms with Gasteiger partial charge in [0, 0.05) is 39.8 Å². The first-order valence-corrected chi connectivity index (χ1v) is 8.33. The Kier molecular flexibility index (Phi) is 3.20. The average Bonchev–Trinajstić information content (AvgIpc) is 3.13. The zero-order valence-corrected chi connectivity index (χ0v) is 19.1. The molecule has 1 atom stereocenters. The zero-order chi connectivity index (χ0) is 37.3. The second-order valence-electron chi connectivity index (χ2n) is 5.28. The Labute approximate surface area is 240 Å². The number of amides is 1. The van der Waals surface area contributed by atoms with Gasteiger partial charge >= 0.3 is 51.4 Å². The van der Waals surface area contributed by atoms with E-state index in [2.05, 4.69) is 0 Å². The predicted molar refractivity (Wildman–Crippen MR) is 108 cm³/mol. The third-order valence-corrected chi connectivity index (χ3v) is 4.15. The maximum absolute atomic E-state index is 13.5. The molecule has 1 saturated heterocycles. The fraction of sp³-hybridized carbons (Fsp3) is 0.600. The van der Waals surface area contributed by atoms with Gasteiger partial charge in [-0.15, -0.1) is 11.3 Å². The number of aromatic nitrogens is 1. The summed E-state index contributed by atoms with van der Waals surface area (Å²) in [7, 11) is 0. The second-order valence-corrected chi connectivity index (χ2v) is 6.08. The van der Waals surface area contributed by atoms with Gasteiger partial charge in [-0.3, -0.25) is 14.2 Å². The number of rotatable bonds is 6. The van der Waals surface area contributed by atoms with E-state index in [-0.39, 0.29) is 67.3 Å². The Morgan fingerprint density at radius 2 is 2.39 bits per heavy atom. The van der Waals surface area contributed by atoms with Crippen molar-refractivity contribution < 1.29 is 88.7 Å². The van der Waals surface area contributed by atoms with Gasteiger partial charge < -0.3 is 15.3 Å². The molecule has 1 amide bonds. The van der Waals surface area contributed by atoms with Crippen molar-refractivity contribution in [2.24, 2.45) is 5.89 Å². The van der Waals surface area contributed by atoms with E-state index in [4.69, 9.17) is 27.5 Å². The number of nitrogens with one attached hydrogen (secondary N) is 1. The van der Waals surface area contributed by atoms with Crippen molar-refractivity contribution in [1.29, 1.82) is 0 Å². The first-order valence-electron chi connectivity index (χ1n) is 17.5. The van der Waals surface area contributed by atoms with Crippen LogP contribution in [-0.4, -0.2) is 41.4 Å². The molecule has 0 radical (unpaired) electrons. The van der Waals surface area contributed by atoms with Crippen molar-refractivity contribution in [2.45, 2.75) is 45.9 Å². The Morgan fingerprint density at radius 3 is 3.07 bits per heavy atom. The van der Waals surface area contributed by atoms with Gasteiger partial charge in [0.1, 0.15) is 4.83 Å². The van der Waals surface area contributed by atoms with Gasteiger partial charge in [-0.05, 0) is 69.7 Å². The Bertz CT molecular complexity index is 1650. The number of fused-ring (bicyclic) bond motifs is 1. The maximum atomic E-state index is 13.5. The third kappa shape index (κ3) is 5.27. The first kappa shape index (κ1) is 8.37. The molecule has 3 rings (SSSR count). The topological polar surface area (TPSA) is 77.4 Å². The minimum Gasteiger partial charge on any atom is -0.871 e. The van der Waals surface area contributed by atoms with Crippen LogP contribution in [0.15, 0.2) is 16.2 Å². The molecule has 0 saturated carbocycles. The van der Waals surface area contributed by atoms with Crippen LogP contribution in [0.2, 0.25) is 1.41 Å². The standard InChI is InChI=1S/C20H29N3O3S.K/c1-13(2)23-19(26)16(17(24)15-7-12-27-20(15)23)18(25)21-8-4-9-22-10-5-14(3)6-11-22;/h7,12-14,24H,4-6,8-11H2,1-3H3,(H,21,25);/q;+1/p-1/i1D3,5D2,6D2,7D,8D2,9D2,10D2,11D2,12D,13D,14D;/hD. The number of nitrogens with zero attached hydrogens (tertiary/aromatic N) is 2. The van der Waals surface area contributed by atoms with E-state index in [1.165, 1.54) is 0 Å². The van der Waals surface area contributed by atoms with Crippen LogP contribution in [0, 0.1) is 5.89 Å². The molecule has 2 aromatic heterocycles. The molecule has 0 aliphatic carbocycles. The van der Waals surface area contributed by atoms with Gasteiger partial charge in [-0.25, -0.2) is 0 Å². The van der Waals surface area contributed by atoms with Gasteiger partial charge in [0.25, 0.3) is 11.5 Å². The van der Waals surface area contributed by atoms with Crippen LogP contribution in [0.1, 0.15) is 82.3 Å². The van der Waals surface area contributed by atoms with Crippen LogP contribution in [0.4, 0.5) is 0 Å². The molecule has 28 heavy (non-hydrogen) atoms.